The molecule has 0 unspecified atom stereocenters. The molecule has 4 aromatic rings. The number of hydrogen-bond donors (Lipinski definition) is 1. The van der Waals surface area contributed by atoms with Crippen LogP contribution in [0.25, 0.3) is 22.2 Å². The van der Waals surface area contributed by atoms with Crippen LogP contribution in [0, 0.1) is 5.82 Å². The van der Waals surface area contributed by atoms with E-state index in [1.807, 2.05) is 57.1 Å². The molecule has 2 heterocycles. The predicted octanol–water partition coefficient (Wildman–Crippen LogP) is 6.03. The van der Waals surface area contributed by atoms with Crippen LogP contribution in [0.3, 0.4) is 0 Å². The Morgan fingerprint density at radius 2 is 1.82 bits per heavy atom. The zero-order valence-corrected chi connectivity index (χ0v) is 21.3. The maximum atomic E-state index is 13.7. The number of rotatable bonds is 5. The molecule has 0 atom stereocenters. The van der Waals surface area contributed by atoms with Crippen molar-refractivity contribution in [1.29, 1.82) is 0 Å². The lowest BCUT2D eigenvalue weighted by atomic mass is 10.1. The number of aromatic hydroxyl groups is 1. The van der Waals surface area contributed by atoms with Gasteiger partial charge in [0.05, 0.1) is 10.2 Å². The van der Waals surface area contributed by atoms with Crippen LogP contribution in [0.5, 0.6) is 5.75 Å². The van der Waals surface area contributed by atoms with Crippen LogP contribution in [0.2, 0.25) is 0 Å². The van der Waals surface area contributed by atoms with Gasteiger partial charge in [0, 0.05) is 36.3 Å². The molecule has 0 aliphatic carbocycles. The van der Waals surface area contributed by atoms with E-state index in [0.717, 1.165) is 23.0 Å². The van der Waals surface area contributed by atoms with E-state index in [1.54, 1.807) is 10.6 Å². The average Bonchev–Trinajstić information content (AvgIpc) is 2.78. The quantitative estimate of drug-likeness (QED) is 0.330. The summed E-state index contributed by atoms with van der Waals surface area (Å²) < 4.78 is 21.1. The minimum atomic E-state index is -0.824. The fraction of sp³-hybridized carbons (Fsp3) is 0.200. The second-order valence-corrected chi connectivity index (χ2v) is 10.1. The summed E-state index contributed by atoms with van der Waals surface area (Å²) in [7, 11) is 3.83. The summed E-state index contributed by atoms with van der Waals surface area (Å²) in [5.74, 6) is -0.974. The molecule has 0 bridgehead atoms. The standard InChI is InChI=1S/C25H22BrFN2O4S/c1-13(2)29-20(14-7-5-9-16(11-14)28(3)4)19(26)22-18(24(29)31)21(30)23(25(32)33-22)34-17-10-6-8-15(27)12-17/h5-13,30H,1-4H3. The van der Waals surface area contributed by atoms with Crippen LogP contribution in [-0.4, -0.2) is 23.8 Å². The maximum Gasteiger partial charge on any atom is 0.354 e. The number of anilines is 1. The van der Waals surface area contributed by atoms with E-state index < -0.39 is 22.8 Å². The van der Waals surface area contributed by atoms with Crippen LogP contribution in [0.15, 0.2) is 76.8 Å². The van der Waals surface area contributed by atoms with Crippen molar-refractivity contribution in [3.8, 4) is 17.0 Å². The molecule has 9 heteroatoms. The third-order valence-electron chi connectivity index (χ3n) is 5.31. The van der Waals surface area contributed by atoms with Crippen LogP contribution in [0.4, 0.5) is 10.1 Å². The van der Waals surface area contributed by atoms with Gasteiger partial charge in [-0.25, -0.2) is 9.18 Å². The highest BCUT2D eigenvalue weighted by Gasteiger charge is 2.26. The zero-order valence-electron chi connectivity index (χ0n) is 18.9. The Morgan fingerprint density at radius 3 is 2.47 bits per heavy atom. The van der Waals surface area contributed by atoms with E-state index in [2.05, 4.69) is 15.9 Å². The number of hydrogen-bond acceptors (Lipinski definition) is 6. The molecule has 0 spiro atoms. The Hall–Kier alpha value is -3.04. The van der Waals surface area contributed by atoms with Crippen molar-refractivity contribution in [2.75, 3.05) is 19.0 Å². The van der Waals surface area contributed by atoms with Crippen molar-refractivity contribution < 1.29 is 13.9 Å². The van der Waals surface area contributed by atoms with Crippen molar-refractivity contribution in [3.63, 3.8) is 0 Å². The lowest BCUT2D eigenvalue weighted by Gasteiger charge is -2.21. The van der Waals surface area contributed by atoms with E-state index in [1.165, 1.54) is 18.2 Å². The van der Waals surface area contributed by atoms with E-state index >= 15 is 0 Å². The summed E-state index contributed by atoms with van der Waals surface area (Å²) in [6.45, 7) is 3.72. The van der Waals surface area contributed by atoms with Crippen LogP contribution in [0.1, 0.15) is 19.9 Å². The maximum absolute atomic E-state index is 13.7. The van der Waals surface area contributed by atoms with E-state index in [-0.39, 0.29) is 21.9 Å². The molecule has 0 saturated carbocycles. The molecule has 0 fully saturated rings. The Labute approximate surface area is 207 Å². The highest BCUT2D eigenvalue weighted by atomic mass is 79.9. The Kier molecular flexibility index (Phi) is 6.60. The van der Waals surface area contributed by atoms with Crippen molar-refractivity contribution in [3.05, 3.63) is 79.6 Å². The Bertz CT molecular complexity index is 1530. The highest BCUT2D eigenvalue weighted by Crippen LogP contribution is 2.41. The molecule has 2 aromatic carbocycles. The molecule has 6 nitrogen and oxygen atoms in total. The fourth-order valence-electron chi connectivity index (χ4n) is 3.72. The molecule has 1 N–H and O–H groups in total. The first-order valence-corrected chi connectivity index (χ1v) is 12.1. The summed E-state index contributed by atoms with van der Waals surface area (Å²) in [6, 6.07) is 12.9. The van der Waals surface area contributed by atoms with Crippen LogP contribution in [-0.2, 0) is 0 Å². The first kappa shape index (κ1) is 24.1. The van der Waals surface area contributed by atoms with Crippen molar-refractivity contribution >= 4 is 44.3 Å². The number of pyridine rings is 1. The van der Waals surface area contributed by atoms with Crippen LogP contribution >= 0.6 is 27.7 Å². The normalized spacial score (nSPS) is 11.4. The molecule has 0 amide bonds. The number of halogens is 2. The average molecular weight is 545 g/mol. The molecule has 34 heavy (non-hydrogen) atoms. The van der Waals surface area contributed by atoms with Gasteiger partial charge < -0.3 is 19.0 Å². The van der Waals surface area contributed by atoms with Gasteiger partial charge >= 0.3 is 5.63 Å². The highest BCUT2D eigenvalue weighted by molar-refractivity contribution is 9.10. The molecular weight excluding hydrogens is 523 g/mol. The largest absolute Gasteiger partial charge is 0.505 e. The molecule has 176 valence electrons. The lowest BCUT2D eigenvalue weighted by molar-refractivity contribution is 0.444. The number of nitrogens with zero attached hydrogens (tertiary/aromatic N) is 2. The van der Waals surface area contributed by atoms with Gasteiger partial charge in [-0.2, -0.15) is 0 Å². The van der Waals surface area contributed by atoms with Gasteiger partial charge in [-0.1, -0.05) is 30.0 Å². The molecule has 4 rings (SSSR count). The third kappa shape index (κ3) is 4.25. The molecule has 0 saturated heterocycles. The van der Waals surface area contributed by atoms with Gasteiger partial charge in [0.1, 0.15) is 16.1 Å². The van der Waals surface area contributed by atoms with Crippen molar-refractivity contribution in [1.82, 2.24) is 4.57 Å². The fourth-order valence-corrected chi connectivity index (χ4v) is 5.30. The van der Waals surface area contributed by atoms with E-state index in [4.69, 9.17) is 4.42 Å². The summed E-state index contributed by atoms with van der Waals surface area (Å²) in [6.07, 6.45) is 0. The van der Waals surface area contributed by atoms with Gasteiger partial charge in [-0.15, -0.1) is 0 Å². The number of aromatic nitrogens is 1. The summed E-state index contributed by atoms with van der Waals surface area (Å²) in [4.78, 5) is 28.7. The Balaban J connectivity index is 2.04. The van der Waals surface area contributed by atoms with Crippen LogP contribution < -0.4 is 16.1 Å². The molecule has 0 radical (unpaired) electrons. The summed E-state index contributed by atoms with van der Waals surface area (Å²) >= 11 is 4.37. The second kappa shape index (κ2) is 9.31. The minimum absolute atomic E-state index is 0.0433. The minimum Gasteiger partial charge on any atom is -0.505 e. The first-order chi connectivity index (χ1) is 16.1. The SMILES string of the molecule is CC(C)n1c(-c2cccc(N(C)C)c2)c(Br)c2oc(=O)c(Sc3cccc(F)c3)c(O)c2c1=O. The zero-order chi connectivity index (χ0) is 24.7. The molecule has 0 aliphatic heterocycles. The topological polar surface area (TPSA) is 75.7 Å². The number of fused-ring (bicyclic) bond motifs is 1. The second-order valence-electron chi connectivity index (χ2n) is 8.21. The smallest absolute Gasteiger partial charge is 0.354 e. The van der Waals surface area contributed by atoms with Gasteiger partial charge in [0.25, 0.3) is 5.56 Å². The monoisotopic (exact) mass is 544 g/mol. The van der Waals surface area contributed by atoms with Gasteiger partial charge in [0.2, 0.25) is 0 Å². The van der Waals surface area contributed by atoms with Crippen molar-refractivity contribution in [2.24, 2.45) is 0 Å². The third-order valence-corrected chi connectivity index (χ3v) is 7.10. The van der Waals surface area contributed by atoms with Crippen molar-refractivity contribution in [2.45, 2.75) is 29.7 Å². The van der Waals surface area contributed by atoms with Gasteiger partial charge in [-0.05, 0) is 60.1 Å². The summed E-state index contributed by atoms with van der Waals surface area (Å²) in [5, 5.41) is 10.9. The number of benzene rings is 2. The van der Waals surface area contributed by atoms with Gasteiger partial charge in [0.15, 0.2) is 11.3 Å². The first-order valence-electron chi connectivity index (χ1n) is 10.4. The predicted molar refractivity (Wildman–Crippen MR) is 137 cm³/mol. The summed E-state index contributed by atoms with van der Waals surface area (Å²) in [5.41, 5.74) is 0.836. The van der Waals surface area contributed by atoms with E-state index in [0.29, 0.717) is 15.1 Å². The van der Waals surface area contributed by atoms with E-state index in [9.17, 15) is 19.1 Å². The lowest BCUT2D eigenvalue weighted by Crippen LogP contribution is -2.25. The molecule has 2 aromatic heterocycles. The Morgan fingerprint density at radius 1 is 1.12 bits per heavy atom. The molecule has 0 aliphatic rings. The van der Waals surface area contributed by atoms with Gasteiger partial charge in [-0.3, -0.25) is 4.79 Å². The molecular formula is C25H22BrFN2O4S.